The summed E-state index contributed by atoms with van der Waals surface area (Å²) in [5, 5.41) is 19.4. The molecule has 0 radical (unpaired) electrons. The first-order chi connectivity index (χ1) is 14.8. The Labute approximate surface area is 178 Å². The first-order valence-electron chi connectivity index (χ1n) is 10.1. The van der Waals surface area contributed by atoms with Crippen LogP contribution in [0.4, 0.5) is 11.6 Å². The molecule has 1 aromatic heterocycles. The molecule has 1 aliphatic heterocycles. The number of fused-ring (bicyclic) bond motifs is 1. The van der Waals surface area contributed by atoms with Crippen LogP contribution in [0, 0.1) is 15.5 Å². The third kappa shape index (κ3) is 3.30. The summed E-state index contributed by atoms with van der Waals surface area (Å²) >= 11 is 0. The number of hydrogen-bond acceptors (Lipinski definition) is 6. The quantitative estimate of drug-likeness (QED) is 0.499. The summed E-state index contributed by atoms with van der Waals surface area (Å²) in [7, 11) is 0. The van der Waals surface area contributed by atoms with E-state index in [9.17, 15) is 14.9 Å². The molecule has 8 heteroatoms. The lowest BCUT2D eigenvalue weighted by molar-refractivity contribution is -0.384. The van der Waals surface area contributed by atoms with Gasteiger partial charge in [-0.1, -0.05) is 56.3 Å². The molecule has 0 saturated carbocycles. The largest absolute Gasteiger partial charge is 0.328 e. The molecule has 3 aromatic rings. The molecule has 2 aromatic carbocycles. The minimum Gasteiger partial charge on any atom is -0.328 e. The third-order valence-corrected chi connectivity index (χ3v) is 5.76. The van der Waals surface area contributed by atoms with E-state index in [2.05, 4.69) is 24.1 Å². The number of carbonyl (C=O) groups excluding carboxylic acids is 1. The van der Waals surface area contributed by atoms with E-state index < -0.39 is 11.0 Å². The lowest BCUT2D eigenvalue weighted by Crippen LogP contribution is -2.36. The van der Waals surface area contributed by atoms with Crippen molar-refractivity contribution in [3.05, 3.63) is 81.5 Å². The number of nitrogens with one attached hydrogen (secondary N) is 1. The Morgan fingerprint density at radius 2 is 1.90 bits per heavy atom. The van der Waals surface area contributed by atoms with Crippen LogP contribution >= 0.6 is 0 Å². The van der Waals surface area contributed by atoms with Crippen LogP contribution in [0.3, 0.4) is 0 Å². The number of rotatable bonds is 3. The number of benzene rings is 2. The molecule has 156 valence electrons. The number of Topliss-reactive ketones (excluding diaryl/α,β-unsaturated/α-hetero) is 1. The molecule has 31 heavy (non-hydrogen) atoms. The molecule has 0 spiro atoms. The Balaban J connectivity index is 1.70. The summed E-state index contributed by atoms with van der Waals surface area (Å²) in [5.41, 5.74) is 2.72. The molecule has 8 nitrogen and oxygen atoms in total. The van der Waals surface area contributed by atoms with Crippen LogP contribution in [-0.4, -0.2) is 25.5 Å². The van der Waals surface area contributed by atoms with E-state index in [1.165, 1.54) is 12.1 Å². The number of nitrogens with zero attached hydrogens (tertiary/aromatic N) is 4. The third-order valence-electron chi connectivity index (χ3n) is 5.76. The van der Waals surface area contributed by atoms with Gasteiger partial charge in [0, 0.05) is 35.4 Å². The molecule has 0 fully saturated rings. The smallest absolute Gasteiger partial charge is 0.269 e. The van der Waals surface area contributed by atoms with Crippen molar-refractivity contribution in [3.8, 4) is 11.4 Å². The van der Waals surface area contributed by atoms with E-state index >= 15 is 0 Å². The fourth-order valence-corrected chi connectivity index (χ4v) is 4.44. The van der Waals surface area contributed by atoms with Gasteiger partial charge in [-0.2, -0.15) is 4.98 Å². The van der Waals surface area contributed by atoms with E-state index in [1.54, 1.807) is 16.8 Å². The van der Waals surface area contributed by atoms with Crippen LogP contribution in [0.5, 0.6) is 0 Å². The van der Waals surface area contributed by atoms with Gasteiger partial charge in [0.05, 0.1) is 4.92 Å². The van der Waals surface area contributed by atoms with Gasteiger partial charge in [-0.05, 0) is 17.4 Å². The molecule has 2 heterocycles. The van der Waals surface area contributed by atoms with Crippen LogP contribution in [0.25, 0.3) is 11.4 Å². The summed E-state index contributed by atoms with van der Waals surface area (Å²) in [6.07, 6.45) is 1.10. The van der Waals surface area contributed by atoms with Gasteiger partial charge in [0.2, 0.25) is 5.95 Å². The second kappa shape index (κ2) is 6.87. The second-order valence-electron chi connectivity index (χ2n) is 8.78. The van der Waals surface area contributed by atoms with Gasteiger partial charge in [-0.25, -0.2) is 4.68 Å². The van der Waals surface area contributed by atoms with Crippen LogP contribution in [0.1, 0.15) is 38.3 Å². The molecule has 0 bridgehead atoms. The number of aromatic nitrogens is 3. The van der Waals surface area contributed by atoms with Crippen molar-refractivity contribution in [2.75, 3.05) is 5.32 Å². The first-order valence-corrected chi connectivity index (χ1v) is 10.1. The van der Waals surface area contributed by atoms with Crippen molar-refractivity contribution >= 4 is 17.4 Å². The van der Waals surface area contributed by atoms with Gasteiger partial charge in [0.1, 0.15) is 6.04 Å². The van der Waals surface area contributed by atoms with Gasteiger partial charge in [0.15, 0.2) is 11.6 Å². The normalized spacial score (nSPS) is 19.4. The van der Waals surface area contributed by atoms with Crippen molar-refractivity contribution in [1.82, 2.24) is 14.8 Å². The highest BCUT2D eigenvalue weighted by Crippen LogP contribution is 2.46. The lowest BCUT2D eigenvalue weighted by atomic mass is 9.73. The maximum absolute atomic E-state index is 13.2. The van der Waals surface area contributed by atoms with Gasteiger partial charge in [0.25, 0.3) is 5.69 Å². The maximum atomic E-state index is 13.2. The molecule has 1 N–H and O–H groups in total. The zero-order valence-corrected chi connectivity index (χ0v) is 17.2. The monoisotopic (exact) mass is 415 g/mol. The van der Waals surface area contributed by atoms with Crippen molar-refractivity contribution in [1.29, 1.82) is 0 Å². The molecular formula is C23H21N5O3. The molecule has 0 saturated heterocycles. The van der Waals surface area contributed by atoms with Crippen molar-refractivity contribution in [2.24, 2.45) is 5.41 Å². The van der Waals surface area contributed by atoms with Gasteiger partial charge < -0.3 is 5.32 Å². The molecular weight excluding hydrogens is 394 g/mol. The van der Waals surface area contributed by atoms with E-state index in [0.717, 1.165) is 11.3 Å². The summed E-state index contributed by atoms with van der Waals surface area (Å²) in [6.45, 7) is 4.13. The topological polar surface area (TPSA) is 103 Å². The van der Waals surface area contributed by atoms with Gasteiger partial charge >= 0.3 is 0 Å². The molecule has 5 rings (SSSR count). The minimum absolute atomic E-state index is 0.0216. The number of carbonyl (C=O) groups is 1. The zero-order chi connectivity index (χ0) is 21.8. The van der Waals surface area contributed by atoms with E-state index in [0.29, 0.717) is 35.8 Å². The average Bonchev–Trinajstić information content (AvgIpc) is 3.15. The Kier molecular flexibility index (Phi) is 4.25. The zero-order valence-electron chi connectivity index (χ0n) is 17.2. The Hall–Kier alpha value is -3.81. The second-order valence-corrected chi connectivity index (χ2v) is 8.78. The summed E-state index contributed by atoms with van der Waals surface area (Å²) in [4.78, 5) is 28.9. The van der Waals surface area contributed by atoms with Crippen molar-refractivity contribution in [2.45, 2.75) is 32.7 Å². The fraction of sp³-hybridized carbons (Fsp3) is 0.261. The number of allylic oxidation sites excluding steroid dienone is 2. The highest BCUT2D eigenvalue weighted by Gasteiger charge is 2.42. The SMILES string of the molecule is CC1(C)CC(=O)C2=C(C1)Nc1nc(-c3ccccc3)nn1C2c1cccc([N+](=O)[O-])c1. The number of non-ortho nitro benzene ring substituents is 1. The molecule has 0 amide bonds. The number of ketones is 1. The highest BCUT2D eigenvalue weighted by atomic mass is 16.6. The number of nitro groups is 1. The number of anilines is 1. The Morgan fingerprint density at radius 3 is 2.65 bits per heavy atom. The fourth-order valence-electron chi connectivity index (χ4n) is 4.44. The number of hydrogen-bond donors (Lipinski definition) is 1. The van der Waals surface area contributed by atoms with Crippen LogP contribution < -0.4 is 5.32 Å². The van der Waals surface area contributed by atoms with E-state index in [-0.39, 0.29) is 16.9 Å². The maximum Gasteiger partial charge on any atom is 0.269 e. The summed E-state index contributed by atoms with van der Waals surface area (Å²) < 4.78 is 1.68. The molecule has 2 aliphatic rings. The standard InChI is InChI=1S/C23H21N5O3/c1-23(2)12-17-19(18(29)13-23)20(15-9-6-10-16(11-15)28(30)31)27-22(24-17)25-21(26-27)14-7-4-3-5-8-14/h3-11,20H,12-13H2,1-2H3,(H,24,25,26). The summed E-state index contributed by atoms with van der Waals surface area (Å²) in [6, 6.07) is 15.4. The Morgan fingerprint density at radius 1 is 1.13 bits per heavy atom. The molecule has 1 unspecified atom stereocenters. The average molecular weight is 415 g/mol. The van der Waals surface area contributed by atoms with Gasteiger partial charge in [-0.3, -0.25) is 14.9 Å². The van der Waals surface area contributed by atoms with Crippen LogP contribution in [-0.2, 0) is 4.79 Å². The van der Waals surface area contributed by atoms with E-state index in [1.807, 2.05) is 30.3 Å². The highest BCUT2D eigenvalue weighted by molar-refractivity contribution is 6.00. The predicted octanol–water partition coefficient (Wildman–Crippen LogP) is 4.51. The minimum atomic E-state index is -0.570. The van der Waals surface area contributed by atoms with Crippen molar-refractivity contribution < 1.29 is 9.72 Å². The van der Waals surface area contributed by atoms with Crippen LogP contribution in [0.2, 0.25) is 0 Å². The lowest BCUT2D eigenvalue weighted by Gasteiger charge is -2.38. The molecule has 1 atom stereocenters. The van der Waals surface area contributed by atoms with E-state index in [4.69, 9.17) is 5.10 Å². The van der Waals surface area contributed by atoms with Gasteiger partial charge in [-0.15, -0.1) is 5.10 Å². The van der Waals surface area contributed by atoms with Crippen molar-refractivity contribution in [3.63, 3.8) is 0 Å². The molecule has 1 aliphatic carbocycles. The number of nitro benzene ring substituents is 1. The predicted molar refractivity (Wildman–Crippen MR) is 115 cm³/mol. The summed E-state index contributed by atoms with van der Waals surface area (Å²) in [5.74, 6) is 1.09. The first kappa shape index (κ1) is 19.2. The Bertz CT molecular complexity index is 1240. The van der Waals surface area contributed by atoms with Crippen LogP contribution in [0.15, 0.2) is 65.9 Å².